The molecule has 0 fully saturated rings. The molecule has 0 atom stereocenters. The second-order valence-corrected chi connectivity index (χ2v) is 6.43. The van der Waals surface area contributed by atoms with Crippen LogP contribution in [-0.4, -0.2) is 23.1 Å². The minimum absolute atomic E-state index is 0.0104. The summed E-state index contributed by atoms with van der Waals surface area (Å²) in [4.78, 5) is 23.9. The lowest BCUT2D eigenvalue weighted by atomic mass is 10.0. The van der Waals surface area contributed by atoms with Gasteiger partial charge >= 0.3 is 0 Å². The van der Waals surface area contributed by atoms with Gasteiger partial charge < -0.3 is 10.4 Å². The number of hydrogen-bond donors (Lipinski definition) is 3. The molecule has 0 bridgehead atoms. The number of carbonyl (C=O) groups excluding carboxylic acids is 2. The molecule has 3 aromatic rings. The maximum atomic E-state index is 12.0. The number of phenolic OH excluding ortho intramolecular Hbond substituents is 1. The number of aromatic hydroxyl groups is 1. The van der Waals surface area contributed by atoms with E-state index in [1.54, 1.807) is 12.1 Å². The first kappa shape index (κ1) is 19.1. The van der Waals surface area contributed by atoms with Crippen LogP contribution in [0, 0.1) is 6.92 Å². The molecule has 0 aliphatic heterocycles. The van der Waals surface area contributed by atoms with E-state index in [9.17, 15) is 14.7 Å². The molecule has 0 aromatic heterocycles. The average Bonchev–Trinajstić information content (AvgIpc) is 2.68. The molecule has 28 heavy (non-hydrogen) atoms. The Morgan fingerprint density at radius 1 is 1.00 bits per heavy atom. The summed E-state index contributed by atoms with van der Waals surface area (Å²) in [5.74, 6) is -0.541. The maximum Gasteiger partial charge on any atom is 0.240 e. The van der Waals surface area contributed by atoms with Gasteiger partial charge in [-0.1, -0.05) is 42.5 Å². The predicted octanol–water partition coefficient (Wildman–Crippen LogP) is 3.72. The van der Waals surface area contributed by atoms with Gasteiger partial charge in [0, 0.05) is 24.1 Å². The number of anilines is 1. The molecule has 0 heterocycles. The second-order valence-electron chi connectivity index (χ2n) is 6.43. The summed E-state index contributed by atoms with van der Waals surface area (Å²) < 4.78 is 0. The molecule has 0 saturated carbocycles. The minimum Gasteiger partial charge on any atom is -0.507 e. The fourth-order valence-corrected chi connectivity index (χ4v) is 2.82. The number of amides is 2. The van der Waals surface area contributed by atoms with Gasteiger partial charge in [0.25, 0.3) is 0 Å². The Morgan fingerprint density at radius 2 is 1.79 bits per heavy atom. The molecule has 142 valence electrons. The van der Waals surface area contributed by atoms with Crippen molar-refractivity contribution in [3.8, 4) is 5.75 Å². The van der Waals surface area contributed by atoms with Crippen molar-refractivity contribution >= 4 is 34.5 Å². The lowest BCUT2D eigenvalue weighted by Gasteiger charge is -2.06. The SMILES string of the molecule is Cc1cccc(NC(=O)CCC(=O)NN=Cc2c(O)ccc3ccccc23)c1. The molecule has 2 amide bonds. The van der Waals surface area contributed by atoms with Crippen molar-refractivity contribution in [3.05, 3.63) is 71.8 Å². The highest BCUT2D eigenvalue weighted by Gasteiger charge is 2.08. The van der Waals surface area contributed by atoms with E-state index < -0.39 is 0 Å². The zero-order valence-corrected chi connectivity index (χ0v) is 15.5. The van der Waals surface area contributed by atoms with Crippen molar-refractivity contribution in [1.82, 2.24) is 5.43 Å². The predicted molar refractivity (Wildman–Crippen MR) is 110 cm³/mol. The summed E-state index contributed by atoms with van der Waals surface area (Å²) in [5.41, 5.74) is 4.66. The van der Waals surface area contributed by atoms with Gasteiger partial charge in [-0.3, -0.25) is 9.59 Å². The van der Waals surface area contributed by atoms with Crippen molar-refractivity contribution < 1.29 is 14.7 Å². The fraction of sp³-hybridized carbons (Fsp3) is 0.136. The average molecular weight is 375 g/mol. The molecule has 0 unspecified atom stereocenters. The first-order valence-electron chi connectivity index (χ1n) is 8.92. The molecule has 0 aliphatic carbocycles. The summed E-state index contributed by atoms with van der Waals surface area (Å²) in [6, 6.07) is 18.4. The number of rotatable bonds is 6. The molecule has 3 aromatic carbocycles. The Labute approximate surface area is 162 Å². The van der Waals surface area contributed by atoms with E-state index in [1.807, 2.05) is 55.5 Å². The van der Waals surface area contributed by atoms with Crippen LogP contribution in [0.1, 0.15) is 24.0 Å². The van der Waals surface area contributed by atoms with Crippen LogP contribution in [0.4, 0.5) is 5.69 Å². The van der Waals surface area contributed by atoms with E-state index in [1.165, 1.54) is 6.21 Å². The zero-order chi connectivity index (χ0) is 19.9. The van der Waals surface area contributed by atoms with E-state index in [0.717, 1.165) is 16.3 Å². The molecular weight excluding hydrogens is 354 g/mol. The molecular formula is C22H21N3O3. The number of aryl methyl sites for hydroxylation is 1. The lowest BCUT2D eigenvalue weighted by molar-refractivity contribution is -0.124. The number of phenols is 1. The molecule has 0 radical (unpaired) electrons. The van der Waals surface area contributed by atoms with Crippen LogP contribution in [0.5, 0.6) is 5.75 Å². The summed E-state index contributed by atoms with van der Waals surface area (Å²) in [5, 5.41) is 18.5. The van der Waals surface area contributed by atoms with Crippen molar-refractivity contribution in [2.75, 3.05) is 5.32 Å². The number of nitrogens with zero attached hydrogens (tertiary/aromatic N) is 1. The van der Waals surface area contributed by atoms with Gasteiger partial charge in [-0.25, -0.2) is 5.43 Å². The van der Waals surface area contributed by atoms with E-state index in [2.05, 4.69) is 15.8 Å². The van der Waals surface area contributed by atoms with E-state index in [4.69, 9.17) is 0 Å². The summed E-state index contributed by atoms with van der Waals surface area (Å²) in [7, 11) is 0. The van der Waals surface area contributed by atoms with Crippen LogP contribution in [0.15, 0.2) is 65.8 Å². The molecule has 0 saturated heterocycles. The number of carbonyl (C=O) groups is 2. The molecule has 3 rings (SSSR count). The number of hydrogen-bond acceptors (Lipinski definition) is 4. The van der Waals surface area contributed by atoms with Gasteiger partial charge in [0.1, 0.15) is 5.75 Å². The van der Waals surface area contributed by atoms with Gasteiger partial charge in [0.05, 0.1) is 6.21 Å². The zero-order valence-electron chi connectivity index (χ0n) is 15.5. The third kappa shape index (κ3) is 4.94. The standard InChI is InChI=1S/C22H21N3O3/c1-15-5-4-7-17(13-15)24-21(27)11-12-22(28)25-23-14-19-18-8-3-2-6-16(18)9-10-20(19)26/h2-10,13-14,26H,11-12H2,1H3,(H,24,27)(H,25,28). The van der Waals surface area contributed by atoms with Crippen molar-refractivity contribution in [2.24, 2.45) is 5.10 Å². The van der Waals surface area contributed by atoms with Crippen LogP contribution in [0.3, 0.4) is 0 Å². The van der Waals surface area contributed by atoms with Crippen molar-refractivity contribution in [2.45, 2.75) is 19.8 Å². The quantitative estimate of drug-likeness (QED) is 0.453. The van der Waals surface area contributed by atoms with E-state index in [-0.39, 0.29) is 30.4 Å². The maximum absolute atomic E-state index is 12.0. The highest BCUT2D eigenvalue weighted by molar-refractivity contribution is 6.02. The number of hydrazone groups is 1. The van der Waals surface area contributed by atoms with E-state index >= 15 is 0 Å². The Balaban J connectivity index is 1.53. The fourth-order valence-electron chi connectivity index (χ4n) is 2.82. The first-order chi connectivity index (χ1) is 13.5. The van der Waals surface area contributed by atoms with Gasteiger partial charge in [-0.05, 0) is 41.5 Å². The van der Waals surface area contributed by atoms with Crippen LogP contribution in [-0.2, 0) is 9.59 Å². The topological polar surface area (TPSA) is 90.8 Å². The lowest BCUT2D eigenvalue weighted by Crippen LogP contribution is -2.20. The molecule has 0 spiro atoms. The highest BCUT2D eigenvalue weighted by Crippen LogP contribution is 2.25. The number of benzene rings is 3. The number of fused-ring (bicyclic) bond motifs is 1. The van der Waals surface area contributed by atoms with E-state index in [0.29, 0.717) is 11.3 Å². The molecule has 3 N–H and O–H groups in total. The Hall–Kier alpha value is -3.67. The van der Waals surface area contributed by atoms with Crippen LogP contribution < -0.4 is 10.7 Å². The smallest absolute Gasteiger partial charge is 0.240 e. The van der Waals surface area contributed by atoms with Crippen LogP contribution in [0.2, 0.25) is 0 Å². The summed E-state index contributed by atoms with van der Waals surface area (Å²) >= 11 is 0. The molecule has 6 nitrogen and oxygen atoms in total. The Morgan fingerprint density at radius 3 is 2.61 bits per heavy atom. The second kappa shape index (κ2) is 8.81. The normalized spacial score (nSPS) is 10.9. The van der Waals surface area contributed by atoms with Crippen molar-refractivity contribution in [1.29, 1.82) is 0 Å². The van der Waals surface area contributed by atoms with Gasteiger partial charge in [0.2, 0.25) is 11.8 Å². The van der Waals surface area contributed by atoms with Crippen LogP contribution in [0.25, 0.3) is 10.8 Å². The third-order valence-corrected chi connectivity index (χ3v) is 4.21. The third-order valence-electron chi connectivity index (χ3n) is 4.21. The summed E-state index contributed by atoms with van der Waals surface area (Å²) in [6.45, 7) is 1.94. The van der Waals surface area contributed by atoms with Crippen molar-refractivity contribution in [3.63, 3.8) is 0 Å². The highest BCUT2D eigenvalue weighted by atomic mass is 16.3. The molecule has 6 heteroatoms. The Kier molecular flexibility index (Phi) is 6.01. The van der Waals surface area contributed by atoms with Gasteiger partial charge in [0.15, 0.2) is 0 Å². The van der Waals surface area contributed by atoms with Gasteiger partial charge in [-0.15, -0.1) is 0 Å². The minimum atomic E-state index is -0.379. The monoisotopic (exact) mass is 375 g/mol. The first-order valence-corrected chi connectivity index (χ1v) is 8.92. The van der Waals surface area contributed by atoms with Gasteiger partial charge in [-0.2, -0.15) is 5.10 Å². The Bertz CT molecular complexity index is 1040. The van der Waals surface area contributed by atoms with Crippen LogP contribution >= 0.6 is 0 Å². The number of nitrogens with one attached hydrogen (secondary N) is 2. The molecule has 0 aliphatic rings. The summed E-state index contributed by atoms with van der Waals surface area (Å²) in [6.07, 6.45) is 1.47. The largest absolute Gasteiger partial charge is 0.507 e.